The van der Waals surface area contributed by atoms with E-state index < -0.39 is 0 Å². The molecule has 2 aromatic rings. The maximum Gasteiger partial charge on any atom is 0.254 e. The molecule has 22 heavy (non-hydrogen) atoms. The lowest BCUT2D eigenvalue weighted by Crippen LogP contribution is -2.33. The highest BCUT2D eigenvalue weighted by atomic mass is 16.5. The summed E-state index contributed by atoms with van der Waals surface area (Å²) in [6.45, 7) is 1.54. The molecule has 0 unspecified atom stereocenters. The molecule has 1 heterocycles. The zero-order valence-corrected chi connectivity index (χ0v) is 13.3. The highest BCUT2D eigenvalue weighted by Crippen LogP contribution is 2.16. The lowest BCUT2D eigenvalue weighted by molar-refractivity contribution is 0.0680. The minimum absolute atomic E-state index is 0.0121. The predicted octanol–water partition coefficient (Wildman–Crippen LogP) is 2.63. The Kier molecular flexibility index (Phi) is 5.61. The van der Waals surface area contributed by atoms with Gasteiger partial charge in [-0.25, -0.2) is 0 Å². The van der Waals surface area contributed by atoms with Crippen LogP contribution in [0.4, 0.5) is 5.69 Å². The van der Waals surface area contributed by atoms with Crippen molar-refractivity contribution in [3.8, 4) is 0 Å². The molecule has 0 atom stereocenters. The standard InChI is InChI=1S/C17H22N2O3/c1-18(2)16-6-4-5-15(11-16)17(20)19(8-10-21-3)12-14-7-9-22-13-14/h4-7,9,11,13H,8,10,12H2,1-3H3. The number of anilines is 1. The van der Waals surface area contributed by atoms with E-state index in [1.54, 1.807) is 24.5 Å². The summed E-state index contributed by atoms with van der Waals surface area (Å²) < 4.78 is 10.2. The van der Waals surface area contributed by atoms with Crippen LogP contribution in [0, 0.1) is 0 Å². The van der Waals surface area contributed by atoms with E-state index in [2.05, 4.69) is 0 Å². The van der Waals surface area contributed by atoms with E-state index in [4.69, 9.17) is 9.15 Å². The van der Waals surface area contributed by atoms with Crippen molar-refractivity contribution in [3.05, 3.63) is 54.0 Å². The number of carbonyl (C=O) groups excluding carboxylic acids is 1. The van der Waals surface area contributed by atoms with Crippen LogP contribution in [0.5, 0.6) is 0 Å². The van der Waals surface area contributed by atoms with Crippen LogP contribution in [0.1, 0.15) is 15.9 Å². The van der Waals surface area contributed by atoms with E-state index in [-0.39, 0.29) is 5.91 Å². The van der Waals surface area contributed by atoms with Crippen molar-refractivity contribution in [1.29, 1.82) is 0 Å². The maximum absolute atomic E-state index is 12.8. The summed E-state index contributed by atoms with van der Waals surface area (Å²) in [6.07, 6.45) is 3.27. The monoisotopic (exact) mass is 302 g/mol. The van der Waals surface area contributed by atoms with Crippen LogP contribution in [-0.2, 0) is 11.3 Å². The largest absolute Gasteiger partial charge is 0.472 e. The second-order valence-corrected chi connectivity index (χ2v) is 5.30. The summed E-state index contributed by atoms with van der Waals surface area (Å²) in [5.41, 5.74) is 2.64. The normalized spacial score (nSPS) is 10.5. The number of benzene rings is 1. The molecule has 0 saturated heterocycles. The van der Waals surface area contributed by atoms with Gasteiger partial charge in [0.15, 0.2) is 0 Å². The van der Waals surface area contributed by atoms with Crippen molar-refractivity contribution in [2.75, 3.05) is 39.3 Å². The lowest BCUT2D eigenvalue weighted by Gasteiger charge is -2.22. The third kappa shape index (κ3) is 4.11. The van der Waals surface area contributed by atoms with Gasteiger partial charge in [0, 0.05) is 51.1 Å². The van der Waals surface area contributed by atoms with Crippen LogP contribution in [0.15, 0.2) is 47.3 Å². The molecule has 0 N–H and O–H groups in total. The van der Waals surface area contributed by atoms with Crippen LogP contribution in [-0.4, -0.2) is 45.2 Å². The zero-order valence-electron chi connectivity index (χ0n) is 13.3. The third-order valence-electron chi connectivity index (χ3n) is 3.42. The van der Waals surface area contributed by atoms with Gasteiger partial charge in [-0.2, -0.15) is 0 Å². The van der Waals surface area contributed by atoms with Crippen molar-refractivity contribution in [2.24, 2.45) is 0 Å². The Labute approximate surface area is 131 Å². The first-order valence-corrected chi connectivity index (χ1v) is 7.18. The van der Waals surface area contributed by atoms with E-state index >= 15 is 0 Å². The van der Waals surface area contributed by atoms with Crippen LogP contribution in [0.3, 0.4) is 0 Å². The Balaban J connectivity index is 2.18. The number of hydrogen-bond donors (Lipinski definition) is 0. The van der Waals surface area contributed by atoms with Crippen LogP contribution in [0.2, 0.25) is 0 Å². The van der Waals surface area contributed by atoms with E-state index in [9.17, 15) is 4.79 Å². The fourth-order valence-electron chi connectivity index (χ4n) is 2.16. The van der Waals surface area contributed by atoms with Gasteiger partial charge in [-0.15, -0.1) is 0 Å². The molecule has 0 aliphatic carbocycles. The summed E-state index contributed by atoms with van der Waals surface area (Å²) in [4.78, 5) is 16.5. The third-order valence-corrected chi connectivity index (χ3v) is 3.42. The Bertz CT molecular complexity index is 594. The summed E-state index contributed by atoms with van der Waals surface area (Å²) in [5.74, 6) is -0.0121. The van der Waals surface area contributed by atoms with Gasteiger partial charge < -0.3 is 19.0 Å². The average Bonchev–Trinajstić information content (AvgIpc) is 3.04. The summed E-state index contributed by atoms with van der Waals surface area (Å²) in [6, 6.07) is 9.48. The van der Waals surface area contributed by atoms with Gasteiger partial charge in [-0.1, -0.05) is 6.07 Å². The molecule has 0 aliphatic heterocycles. The second kappa shape index (κ2) is 7.66. The summed E-state index contributed by atoms with van der Waals surface area (Å²) in [5, 5.41) is 0. The molecule has 1 aromatic heterocycles. The molecular weight excluding hydrogens is 280 g/mol. The molecule has 118 valence electrons. The molecule has 2 rings (SSSR count). The number of furan rings is 1. The van der Waals surface area contributed by atoms with Crippen LogP contribution in [0.25, 0.3) is 0 Å². The average molecular weight is 302 g/mol. The van der Waals surface area contributed by atoms with E-state index in [1.165, 1.54) is 0 Å². The number of rotatable bonds is 7. The fourth-order valence-corrected chi connectivity index (χ4v) is 2.16. The Morgan fingerprint density at radius 2 is 2.09 bits per heavy atom. The highest BCUT2D eigenvalue weighted by molar-refractivity contribution is 5.95. The van der Waals surface area contributed by atoms with Crippen molar-refractivity contribution in [3.63, 3.8) is 0 Å². The Hall–Kier alpha value is -2.27. The lowest BCUT2D eigenvalue weighted by atomic mass is 10.1. The predicted molar refractivity (Wildman–Crippen MR) is 86.1 cm³/mol. The molecular formula is C17H22N2O3. The van der Waals surface area contributed by atoms with Crippen molar-refractivity contribution in [2.45, 2.75) is 6.54 Å². The molecule has 0 aliphatic rings. The SMILES string of the molecule is COCCN(Cc1ccoc1)C(=O)c1cccc(N(C)C)c1. The Morgan fingerprint density at radius 1 is 1.27 bits per heavy atom. The Morgan fingerprint density at radius 3 is 2.73 bits per heavy atom. The minimum Gasteiger partial charge on any atom is -0.472 e. The first-order chi connectivity index (χ1) is 10.6. The molecule has 0 spiro atoms. The quantitative estimate of drug-likeness (QED) is 0.789. The number of carbonyl (C=O) groups is 1. The topological polar surface area (TPSA) is 45.9 Å². The summed E-state index contributed by atoms with van der Waals surface area (Å²) >= 11 is 0. The van der Waals surface area contributed by atoms with Gasteiger partial charge in [-0.05, 0) is 24.3 Å². The van der Waals surface area contributed by atoms with Gasteiger partial charge in [0.25, 0.3) is 5.91 Å². The van der Waals surface area contributed by atoms with Crippen LogP contribution < -0.4 is 4.90 Å². The first-order valence-electron chi connectivity index (χ1n) is 7.18. The fraction of sp³-hybridized carbons (Fsp3) is 0.353. The number of amides is 1. The van der Waals surface area contributed by atoms with E-state index in [0.717, 1.165) is 11.3 Å². The molecule has 5 nitrogen and oxygen atoms in total. The number of nitrogens with zero attached hydrogens (tertiary/aromatic N) is 2. The van der Waals surface area contributed by atoms with E-state index in [1.807, 2.05) is 49.3 Å². The van der Waals surface area contributed by atoms with Gasteiger partial charge >= 0.3 is 0 Å². The number of hydrogen-bond acceptors (Lipinski definition) is 4. The zero-order chi connectivity index (χ0) is 15.9. The van der Waals surface area contributed by atoms with Crippen molar-refractivity contribution < 1.29 is 13.9 Å². The maximum atomic E-state index is 12.8. The highest BCUT2D eigenvalue weighted by Gasteiger charge is 2.17. The van der Waals surface area contributed by atoms with Crippen molar-refractivity contribution >= 4 is 11.6 Å². The second-order valence-electron chi connectivity index (χ2n) is 5.30. The minimum atomic E-state index is -0.0121. The molecule has 1 aromatic carbocycles. The van der Waals surface area contributed by atoms with Gasteiger partial charge in [-0.3, -0.25) is 4.79 Å². The molecule has 0 fully saturated rings. The number of methoxy groups -OCH3 is 1. The molecule has 0 radical (unpaired) electrons. The van der Waals surface area contributed by atoms with Crippen LogP contribution >= 0.6 is 0 Å². The van der Waals surface area contributed by atoms with Crippen molar-refractivity contribution in [1.82, 2.24) is 4.90 Å². The first kappa shape index (κ1) is 16.1. The van der Waals surface area contributed by atoms with E-state index in [0.29, 0.717) is 25.3 Å². The number of ether oxygens (including phenoxy) is 1. The molecule has 5 heteroatoms. The smallest absolute Gasteiger partial charge is 0.254 e. The molecule has 0 saturated carbocycles. The molecule has 0 bridgehead atoms. The van der Waals surface area contributed by atoms with Gasteiger partial charge in [0.1, 0.15) is 0 Å². The van der Waals surface area contributed by atoms with Gasteiger partial charge in [0.05, 0.1) is 19.1 Å². The summed E-state index contributed by atoms with van der Waals surface area (Å²) in [7, 11) is 5.54. The van der Waals surface area contributed by atoms with Gasteiger partial charge in [0.2, 0.25) is 0 Å². The molecule has 1 amide bonds.